The van der Waals surface area contributed by atoms with Crippen LogP contribution in [0.25, 0.3) is 0 Å². The maximum absolute atomic E-state index is 11.1. The highest BCUT2D eigenvalue weighted by Gasteiger charge is 2.28. The summed E-state index contributed by atoms with van der Waals surface area (Å²) in [5, 5.41) is 3.36. The number of ether oxygens (including phenoxy) is 1. The normalized spacial score (nSPS) is 29.4. The van der Waals surface area contributed by atoms with E-state index in [4.69, 9.17) is 4.74 Å². The van der Waals surface area contributed by atoms with Gasteiger partial charge in [0.25, 0.3) is 0 Å². The highest BCUT2D eigenvalue weighted by atomic mass is 16.5. The van der Waals surface area contributed by atoms with Crippen molar-refractivity contribution in [3.8, 4) is 0 Å². The molecule has 0 aliphatic carbocycles. The number of hydrogen-bond acceptors (Lipinski definition) is 3. The van der Waals surface area contributed by atoms with Crippen LogP contribution in [0.1, 0.15) is 32.6 Å². The van der Waals surface area contributed by atoms with Gasteiger partial charge in [0.05, 0.1) is 13.5 Å². The van der Waals surface area contributed by atoms with Crippen molar-refractivity contribution < 1.29 is 9.53 Å². The summed E-state index contributed by atoms with van der Waals surface area (Å²) in [6.45, 7) is 4.17. The van der Waals surface area contributed by atoms with E-state index in [2.05, 4.69) is 12.2 Å². The van der Waals surface area contributed by atoms with Crippen LogP contribution in [-0.4, -0.2) is 26.2 Å². The minimum absolute atomic E-state index is 0.0915. The summed E-state index contributed by atoms with van der Waals surface area (Å²) < 4.78 is 4.69. The Kier molecular flexibility index (Phi) is 3.72. The molecule has 1 heterocycles. The standard InChI is InChI=1S/C10H19NO2/c1-10(7-9(12)13-2)5-3-4-6-11-8-10/h11H,3-8H2,1-2H3. The van der Waals surface area contributed by atoms with Crippen molar-refractivity contribution in [2.24, 2.45) is 5.41 Å². The molecule has 1 saturated heterocycles. The molecule has 1 unspecified atom stereocenters. The molecular weight excluding hydrogens is 166 g/mol. The zero-order valence-corrected chi connectivity index (χ0v) is 8.56. The van der Waals surface area contributed by atoms with E-state index in [0.29, 0.717) is 6.42 Å². The van der Waals surface area contributed by atoms with Crippen LogP contribution in [0.4, 0.5) is 0 Å². The molecule has 13 heavy (non-hydrogen) atoms. The minimum Gasteiger partial charge on any atom is -0.469 e. The SMILES string of the molecule is COC(=O)CC1(C)CCCCNC1. The molecule has 3 heteroatoms. The second-order valence-electron chi connectivity index (χ2n) is 4.20. The van der Waals surface area contributed by atoms with Crippen LogP contribution >= 0.6 is 0 Å². The molecule has 0 aromatic carbocycles. The molecule has 0 aromatic rings. The zero-order valence-electron chi connectivity index (χ0n) is 8.56. The Morgan fingerprint density at radius 3 is 3.00 bits per heavy atom. The molecule has 1 rings (SSSR count). The number of nitrogens with one attached hydrogen (secondary N) is 1. The van der Waals surface area contributed by atoms with Gasteiger partial charge >= 0.3 is 5.97 Å². The number of carbonyl (C=O) groups excluding carboxylic acids is 1. The lowest BCUT2D eigenvalue weighted by molar-refractivity contribution is -0.143. The van der Waals surface area contributed by atoms with E-state index in [1.165, 1.54) is 20.0 Å². The molecule has 0 spiro atoms. The van der Waals surface area contributed by atoms with Gasteiger partial charge in [-0.15, -0.1) is 0 Å². The average molecular weight is 185 g/mol. The van der Waals surface area contributed by atoms with Crippen LogP contribution in [-0.2, 0) is 9.53 Å². The van der Waals surface area contributed by atoms with Gasteiger partial charge in [-0.2, -0.15) is 0 Å². The van der Waals surface area contributed by atoms with Crippen molar-refractivity contribution in [2.75, 3.05) is 20.2 Å². The van der Waals surface area contributed by atoms with Crippen molar-refractivity contribution in [3.63, 3.8) is 0 Å². The number of carbonyl (C=O) groups is 1. The largest absolute Gasteiger partial charge is 0.469 e. The summed E-state index contributed by atoms with van der Waals surface area (Å²) in [6.07, 6.45) is 4.09. The molecule has 0 bridgehead atoms. The first-order valence-electron chi connectivity index (χ1n) is 4.94. The monoisotopic (exact) mass is 185 g/mol. The highest BCUT2D eigenvalue weighted by molar-refractivity contribution is 5.70. The smallest absolute Gasteiger partial charge is 0.306 e. The van der Waals surface area contributed by atoms with E-state index < -0.39 is 0 Å². The quantitative estimate of drug-likeness (QED) is 0.660. The lowest BCUT2D eigenvalue weighted by Crippen LogP contribution is -2.32. The molecule has 0 saturated carbocycles. The highest BCUT2D eigenvalue weighted by Crippen LogP contribution is 2.29. The fourth-order valence-corrected chi connectivity index (χ4v) is 1.85. The van der Waals surface area contributed by atoms with Gasteiger partial charge in [-0.1, -0.05) is 13.3 Å². The first-order chi connectivity index (χ1) is 6.16. The predicted octanol–water partition coefficient (Wildman–Crippen LogP) is 1.33. The maximum atomic E-state index is 11.1. The van der Waals surface area contributed by atoms with Crippen molar-refractivity contribution in [1.29, 1.82) is 0 Å². The van der Waals surface area contributed by atoms with Crippen LogP contribution in [0.2, 0.25) is 0 Å². The van der Waals surface area contributed by atoms with Crippen molar-refractivity contribution >= 4 is 5.97 Å². The minimum atomic E-state index is -0.0915. The average Bonchev–Trinajstić information content (AvgIpc) is 2.30. The lowest BCUT2D eigenvalue weighted by Gasteiger charge is -2.26. The predicted molar refractivity (Wildman–Crippen MR) is 51.5 cm³/mol. The molecule has 1 aliphatic rings. The number of esters is 1. The van der Waals surface area contributed by atoms with E-state index >= 15 is 0 Å². The van der Waals surface area contributed by atoms with Crippen LogP contribution < -0.4 is 5.32 Å². The maximum Gasteiger partial charge on any atom is 0.306 e. The Morgan fingerprint density at radius 2 is 2.31 bits per heavy atom. The third kappa shape index (κ3) is 3.35. The number of hydrogen-bond donors (Lipinski definition) is 1. The Morgan fingerprint density at radius 1 is 1.54 bits per heavy atom. The van der Waals surface area contributed by atoms with Gasteiger partial charge in [-0.3, -0.25) is 4.79 Å². The van der Waals surface area contributed by atoms with E-state index in [1.807, 2.05) is 0 Å². The Balaban J connectivity index is 2.46. The molecule has 3 nitrogen and oxygen atoms in total. The molecule has 0 amide bonds. The second kappa shape index (κ2) is 4.61. The molecular formula is C10H19NO2. The van der Waals surface area contributed by atoms with Crippen molar-refractivity contribution in [1.82, 2.24) is 5.32 Å². The van der Waals surface area contributed by atoms with Crippen LogP contribution in [0.15, 0.2) is 0 Å². The fraction of sp³-hybridized carbons (Fsp3) is 0.900. The summed E-state index contributed by atoms with van der Waals surface area (Å²) in [7, 11) is 1.45. The third-order valence-corrected chi connectivity index (χ3v) is 2.73. The van der Waals surface area contributed by atoms with E-state index in [1.54, 1.807) is 0 Å². The molecule has 1 aliphatic heterocycles. The van der Waals surface area contributed by atoms with Gasteiger partial charge in [0, 0.05) is 6.54 Å². The summed E-state index contributed by atoms with van der Waals surface area (Å²) >= 11 is 0. The van der Waals surface area contributed by atoms with E-state index in [-0.39, 0.29) is 11.4 Å². The molecule has 76 valence electrons. The van der Waals surface area contributed by atoms with Crippen LogP contribution in [0.5, 0.6) is 0 Å². The molecule has 0 radical (unpaired) electrons. The summed E-state index contributed by atoms with van der Waals surface area (Å²) in [5.41, 5.74) is 0.101. The zero-order chi connectivity index (χ0) is 9.73. The Hall–Kier alpha value is -0.570. The fourth-order valence-electron chi connectivity index (χ4n) is 1.85. The van der Waals surface area contributed by atoms with Gasteiger partial charge in [0.15, 0.2) is 0 Å². The molecule has 1 atom stereocenters. The topological polar surface area (TPSA) is 38.3 Å². The van der Waals surface area contributed by atoms with Crippen LogP contribution in [0.3, 0.4) is 0 Å². The summed E-state index contributed by atoms with van der Waals surface area (Å²) in [5.74, 6) is -0.0915. The molecule has 0 aromatic heterocycles. The van der Waals surface area contributed by atoms with Crippen LogP contribution in [0, 0.1) is 5.41 Å². The first kappa shape index (κ1) is 10.5. The lowest BCUT2D eigenvalue weighted by atomic mass is 9.82. The number of methoxy groups -OCH3 is 1. The van der Waals surface area contributed by atoms with Gasteiger partial charge in [-0.25, -0.2) is 0 Å². The molecule has 1 fully saturated rings. The first-order valence-corrected chi connectivity index (χ1v) is 4.94. The Bertz CT molecular complexity index is 172. The summed E-state index contributed by atoms with van der Waals surface area (Å²) in [4.78, 5) is 11.1. The van der Waals surface area contributed by atoms with Gasteiger partial charge in [-0.05, 0) is 24.8 Å². The number of rotatable bonds is 2. The van der Waals surface area contributed by atoms with E-state index in [0.717, 1.165) is 19.5 Å². The molecule has 1 N–H and O–H groups in total. The van der Waals surface area contributed by atoms with Gasteiger partial charge < -0.3 is 10.1 Å². The van der Waals surface area contributed by atoms with Gasteiger partial charge in [0.2, 0.25) is 0 Å². The Labute approximate surface area is 79.8 Å². The second-order valence-corrected chi connectivity index (χ2v) is 4.20. The third-order valence-electron chi connectivity index (χ3n) is 2.73. The van der Waals surface area contributed by atoms with Crippen molar-refractivity contribution in [2.45, 2.75) is 32.6 Å². The summed E-state index contributed by atoms with van der Waals surface area (Å²) in [6, 6.07) is 0. The van der Waals surface area contributed by atoms with E-state index in [9.17, 15) is 4.79 Å². The van der Waals surface area contributed by atoms with Crippen molar-refractivity contribution in [3.05, 3.63) is 0 Å². The van der Waals surface area contributed by atoms with Gasteiger partial charge in [0.1, 0.15) is 0 Å².